The summed E-state index contributed by atoms with van der Waals surface area (Å²) in [4.78, 5) is 19.3. The number of imidazole rings is 1. The molecule has 1 aliphatic heterocycles. The number of rotatable bonds is 5. The molecule has 1 amide bonds. The molecule has 4 rings (SSSR count). The fourth-order valence-corrected chi connectivity index (χ4v) is 3.75. The molecule has 1 atom stereocenters. The summed E-state index contributed by atoms with van der Waals surface area (Å²) in [5.74, 6) is 0.759. The van der Waals surface area contributed by atoms with Gasteiger partial charge in [-0.3, -0.25) is 4.79 Å². The van der Waals surface area contributed by atoms with E-state index in [1.54, 1.807) is 0 Å². The highest BCUT2D eigenvalue weighted by Crippen LogP contribution is 2.37. The molecular weight excluding hydrogens is 352 g/mol. The van der Waals surface area contributed by atoms with E-state index in [1.165, 1.54) is 0 Å². The van der Waals surface area contributed by atoms with E-state index < -0.39 is 0 Å². The highest BCUT2D eigenvalue weighted by molar-refractivity contribution is 5.78. The number of nitrogens with one attached hydrogen (secondary N) is 1. The second kappa shape index (κ2) is 7.64. The predicted molar refractivity (Wildman–Crippen MR) is 109 cm³/mol. The summed E-state index contributed by atoms with van der Waals surface area (Å²) >= 11 is 0. The number of likely N-dealkylation sites (N-methyl/N-ethyl adjacent to an activating group) is 1. The molecule has 28 heavy (non-hydrogen) atoms. The molecule has 3 heterocycles. The Morgan fingerprint density at radius 3 is 2.89 bits per heavy atom. The van der Waals surface area contributed by atoms with E-state index in [2.05, 4.69) is 39.9 Å². The molecule has 0 fully saturated rings. The second-order valence-corrected chi connectivity index (χ2v) is 7.60. The van der Waals surface area contributed by atoms with Crippen molar-refractivity contribution in [2.24, 2.45) is 0 Å². The largest absolute Gasteiger partial charge is 0.492 e. The summed E-state index contributed by atoms with van der Waals surface area (Å²) < 4.78 is 8.23. The van der Waals surface area contributed by atoms with Gasteiger partial charge in [0.15, 0.2) is 0 Å². The number of benzene rings is 1. The first-order chi connectivity index (χ1) is 13.5. The topological polar surface area (TPSA) is 58.9 Å². The molecule has 0 unspecified atom stereocenters. The molecular formula is C22H26N4O2. The molecule has 146 valence electrons. The summed E-state index contributed by atoms with van der Waals surface area (Å²) in [7, 11) is 4.05. The number of para-hydroxylation sites is 1. The maximum atomic E-state index is 12.5. The highest BCUT2D eigenvalue weighted by Gasteiger charge is 2.30. The van der Waals surface area contributed by atoms with Crippen molar-refractivity contribution in [3.63, 3.8) is 0 Å². The standard InChI is InChI=1S/C22H26N4O2/c1-15-8-9-20-24-18-13-23-21(27)12-17(22(18)26(20)14-15)16-6-4-5-7-19(16)28-11-10-25(2)3/h4-9,14,17H,10-13H2,1-3H3,(H,23,27)/t17-/m1/s1. The molecule has 0 aliphatic carbocycles. The third-order valence-corrected chi connectivity index (χ3v) is 5.14. The van der Waals surface area contributed by atoms with Gasteiger partial charge in [-0.1, -0.05) is 24.3 Å². The van der Waals surface area contributed by atoms with Gasteiger partial charge in [-0.25, -0.2) is 4.98 Å². The number of aryl methyl sites for hydroxylation is 1. The van der Waals surface area contributed by atoms with Gasteiger partial charge in [-0.2, -0.15) is 0 Å². The summed E-state index contributed by atoms with van der Waals surface area (Å²) in [5.41, 5.74) is 5.08. The van der Waals surface area contributed by atoms with Crippen molar-refractivity contribution in [3.05, 3.63) is 65.1 Å². The lowest BCUT2D eigenvalue weighted by atomic mass is 9.91. The van der Waals surface area contributed by atoms with E-state index in [1.807, 2.05) is 38.4 Å². The number of hydrogen-bond donors (Lipinski definition) is 1. The van der Waals surface area contributed by atoms with Gasteiger partial charge in [0.2, 0.25) is 5.91 Å². The van der Waals surface area contributed by atoms with Crippen LogP contribution in [0.25, 0.3) is 5.65 Å². The summed E-state index contributed by atoms with van der Waals surface area (Å²) in [6.07, 6.45) is 2.47. The fourth-order valence-electron chi connectivity index (χ4n) is 3.75. The number of carbonyl (C=O) groups excluding carboxylic acids is 1. The van der Waals surface area contributed by atoms with E-state index >= 15 is 0 Å². The predicted octanol–water partition coefficient (Wildman–Crippen LogP) is 2.73. The Kier molecular flexibility index (Phi) is 5.05. The molecule has 6 nitrogen and oxygen atoms in total. The number of ether oxygens (including phenoxy) is 1. The first-order valence-electron chi connectivity index (χ1n) is 9.63. The zero-order valence-corrected chi connectivity index (χ0v) is 16.6. The Hall–Kier alpha value is -2.86. The Balaban J connectivity index is 1.81. The number of nitrogens with zero attached hydrogens (tertiary/aromatic N) is 3. The minimum Gasteiger partial charge on any atom is -0.492 e. The number of fused-ring (bicyclic) bond motifs is 3. The Bertz CT molecular complexity index is 1010. The van der Waals surface area contributed by atoms with E-state index in [4.69, 9.17) is 9.72 Å². The highest BCUT2D eigenvalue weighted by atomic mass is 16.5. The number of hydrogen-bond acceptors (Lipinski definition) is 4. The van der Waals surface area contributed by atoms with Crippen LogP contribution in [0.1, 0.15) is 34.9 Å². The van der Waals surface area contributed by atoms with Crippen LogP contribution in [0.4, 0.5) is 0 Å². The van der Waals surface area contributed by atoms with E-state index in [-0.39, 0.29) is 11.8 Å². The first-order valence-corrected chi connectivity index (χ1v) is 9.63. The smallest absolute Gasteiger partial charge is 0.221 e. The lowest BCUT2D eigenvalue weighted by Crippen LogP contribution is -2.22. The van der Waals surface area contributed by atoms with Gasteiger partial charge in [0.05, 0.1) is 17.9 Å². The number of amides is 1. The van der Waals surface area contributed by atoms with Crippen molar-refractivity contribution >= 4 is 11.6 Å². The number of aromatic nitrogens is 2. The van der Waals surface area contributed by atoms with E-state index in [0.717, 1.165) is 40.5 Å². The van der Waals surface area contributed by atoms with Crippen LogP contribution in [-0.2, 0) is 11.3 Å². The van der Waals surface area contributed by atoms with Gasteiger partial charge < -0.3 is 19.4 Å². The lowest BCUT2D eigenvalue weighted by molar-refractivity contribution is -0.121. The first kappa shape index (κ1) is 18.5. The van der Waals surface area contributed by atoms with Crippen molar-refractivity contribution in [2.75, 3.05) is 27.2 Å². The van der Waals surface area contributed by atoms with Crippen LogP contribution < -0.4 is 10.1 Å². The van der Waals surface area contributed by atoms with Crippen molar-refractivity contribution < 1.29 is 9.53 Å². The van der Waals surface area contributed by atoms with Crippen molar-refractivity contribution in [1.29, 1.82) is 0 Å². The van der Waals surface area contributed by atoms with Crippen LogP contribution in [0.3, 0.4) is 0 Å². The average molecular weight is 378 g/mol. The zero-order chi connectivity index (χ0) is 19.7. The van der Waals surface area contributed by atoms with Crippen molar-refractivity contribution in [2.45, 2.75) is 25.8 Å². The van der Waals surface area contributed by atoms with Gasteiger partial charge in [0.25, 0.3) is 0 Å². The molecule has 0 saturated carbocycles. The molecule has 1 aliphatic rings. The van der Waals surface area contributed by atoms with Crippen LogP contribution in [0.2, 0.25) is 0 Å². The Labute approximate surface area is 165 Å². The monoisotopic (exact) mass is 378 g/mol. The molecule has 6 heteroatoms. The SMILES string of the molecule is Cc1ccc2nc3c(n2c1)[C@@H](c1ccccc1OCCN(C)C)CC(=O)NC3. The van der Waals surface area contributed by atoms with Gasteiger partial charge in [0.1, 0.15) is 18.0 Å². The van der Waals surface area contributed by atoms with E-state index in [0.29, 0.717) is 19.6 Å². The maximum Gasteiger partial charge on any atom is 0.221 e. The van der Waals surface area contributed by atoms with Crippen molar-refractivity contribution in [1.82, 2.24) is 19.6 Å². The second-order valence-electron chi connectivity index (χ2n) is 7.60. The molecule has 3 aromatic rings. The van der Waals surface area contributed by atoms with Crippen LogP contribution in [0.15, 0.2) is 42.6 Å². The summed E-state index contributed by atoms with van der Waals surface area (Å²) in [6.45, 7) is 3.95. The quantitative estimate of drug-likeness (QED) is 0.742. The molecule has 1 aromatic carbocycles. The van der Waals surface area contributed by atoms with Crippen LogP contribution in [0, 0.1) is 6.92 Å². The van der Waals surface area contributed by atoms with Gasteiger partial charge >= 0.3 is 0 Å². The van der Waals surface area contributed by atoms with E-state index in [9.17, 15) is 4.79 Å². The molecule has 1 N–H and O–H groups in total. The molecule has 0 bridgehead atoms. The summed E-state index contributed by atoms with van der Waals surface area (Å²) in [5, 5.41) is 2.99. The third-order valence-electron chi connectivity index (χ3n) is 5.14. The van der Waals surface area contributed by atoms with Gasteiger partial charge in [-0.05, 0) is 38.7 Å². The normalized spacial score (nSPS) is 16.7. The van der Waals surface area contributed by atoms with Crippen molar-refractivity contribution in [3.8, 4) is 5.75 Å². The average Bonchev–Trinajstić information content (AvgIpc) is 2.93. The van der Waals surface area contributed by atoms with Crippen LogP contribution >= 0.6 is 0 Å². The summed E-state index contributed by atoms with van der Waals surface area (Å²) in [6, 6.07) is 12.1. The number of carbonyl (C=O) groups is 1. The number of pyridine rings is 1. The third kappa shape index (κ3) is 3.60. The lowest BCUT2D eigenvalue weighted by Gasteiger charge is -2.20. The minimum atomic E-state index is -0.107. The van der Waals surface area contributed by atoms with Crippen LogP contribution in [-0.4, -0.2) is 47.4 Å². The molecule has 0 saturated heterocycles. The minimum absolute atomic E-state index is 0.0347. The maximum absolute atomic E-state index is 12.5. The molecule has 2 aromatic heterocycles. The van der Waals surface area contributed by atoms with Crippen LogP contribution in [0.5, 0.6) is 5.75 Å². The Morgan fingerprint density at radius 2 is 2.07 bits per heavy atom. The molecule has 0 radical (unpaired) electrons. The van der Waals surface area contributed by atoms with Gasteiger partial charge in [-0.15, -0.1) is 0 Å². The molecule has 0 spiro atoms. The Morgan fingerprint density at radius 1 is 1.25 bits per heavy atom. The fraction of sp³-hybridized carbons (Fsp3) is 0.364. The van der Waals surface area contributed by atoms with Gasteiger partial charge in [0, 0.05) is 30.6 Å². The zero-order valence-electron chi connectivity index (χ0n) is 16.6.